The molecule has 8 heteroatoms. The van der Waals surface area contributed by atoms with Gasteiger partial charge in [-0.1, -0.05) is 24.3 Å². The highest BCUT2D eigenvalue weighted by Gasteiger charge is 2.23. The molecule has 0 unspecified atom stereocenters. The molecule has 28 heavy (non-hydrogen) atoms. The zero-order chi connectivity index (χ0) is 19.5. The fourth-order valence-corrected chi connectivity index (χ4v) is 3.39. The number of amides is 1. The Labute approximate surface area is 162 Å². The Morgan fingerprint density at radius 1 is 1.00 bits per heavy atom. The maximum absolute atomic E-state index is 12.7. The topological polar surface area (TPSA) is 76.3 Å². The van der Waals surface area contributed by atoms with E-state index < -0.39 is 0 Å². The molecule has 4 rings (SSSR count). The molecule has 1 amide bonds. The van der Waals surface area contributed by atoms with E-state index >= 15 is 0 Å². The SMILES string of the molecule is Cn1c(-c2ccccn2)nn(CC(=O)N2CCN(c3ccccc3)CC2)c1=O. The molecular weight excluding hydrogens is 356 g/mol. The molecule has 2 aromatic heterocycles. The summed E-state index contributed by atoms with van der Waals surface area (Å²) in [5, 5.41) is 4.32. The number of hydrogen-bond donors (Lipinski definition) is 0. The highest BCUT2D eigenvalue weighted by Crippen LogP contribution is 2.16. The molecule has 1 saturated heterocycles. The van der Waals surface area contributed by atoms with E-state index in [4.69, 9.17) is 0 Å². The van der Waals surface area contributed by atoms with Crippen LogP contribution in [0.25, 0.3) is 11.5 Å². The molecule has 3 heterocycles. The van der Waals surface area contributed by atoms with Gasteiger partial charge in [0.05, 0.1) is 0 Å². The van der Waals surface area contributed by atoms with E-state index in [0.717, 1.165) is 18.8 Å². The van der Waals surface area contributed by atoms with Gasteiger partial charge in [-0.3, -0.25) is 14.3 Å². The van der Waals surface area contributed by atoms with Crippen molar-refractivity contribution in [2.75, 3.05) is 31.1 Å². The van der Waals surface area contributed by atoms with E-state index in [1.807, 2.05) is 24.3 Å². The zero-order valence-corrected chi connectivity index (χ0v) is 15.7. The fourth-order valence-electron chi connectivity index (χ4n) is 3.39. The third-order valence-corrected chi connectivity index (χ3v) is 4.97. The molecule has 0 bridgehead atoms. The second-order valence-electron chi connectivity index (χ2n) is 6.74. The molecule has 1 aliphatic rings. The van der Waals surface area contributed by atoms with Gasteiger partial charge < -0.3 is 9.80 Å². The standard InChI is InChI=1S/C20H22N6O2/c1-23-19(17-9-5-6-10-21-17)22-26(20(23)28)15-18(27)25-13-11-24(12-14-25)16-7-3-2-4-8-16/h2-10H,11-15H2,1H3. The highest BCUT2D eigenvalue weighted by molar-refractivity contribution is 5.76. The number of hydrogen-bond acceptors (Lipinski definition) is 5. The van der Waals surface area contributed by atoms with Crippen LogP contribution in [0.5, 0.6) is 0 Å². The van der Waals surface area contributed by atoms with Crippen LogP contribution in [0.15, 0.2) is 59.5 Å². The van der Waals surface area contributed by atoms with Gasteiger partial charge in [0.25, 0.3) is 0 Å². The Kier molecular flexibility index (Phi) is 4.92. The van der Waals surface area contributed by atoms with Gasteiger partial charge in [0.15, 0.2) is 5.82 Å². The molecule has 0 saturated carbocycles. The summed E-state index contributed by atoms with van der Waals surface area (Å²) in [6.45, 7) is 2.73. The molecule has 1 aliphatic heterocycles. The first-order valence-electron chi connectivity index (χ1n) is 9.26. The smallest absolute Gasteiger partial charge is 0.346 e. The van der Waals surface area contributed by atoms with Crippen LogP contribution >= 0.6 is 0 Å². The Hall–Kier alpha value is -3.42. The van der Waals surface area contributed by atoms with E-state index in [0.29, 0.717) is 24.6 Å². The maximum Gasteiger partial charge on any atom is 0.346 e. The summed E-state index contributed by atoms with van der Waals surface area (Å²) in [6.07, 6.45) is 1.65. The Morgan fingerprint density at radius 2 is 1.71 bits per heavy atom. The van der Waals surface area contributed by atoms with Gasteiger partial charge in [-0.05, 0) is 24.3 Å². The molecule has 0 spiro atoms. The number of piperazine rings is 1. The van der Waals surface area contributed by atoms with Crippen molar-refractivity contribution in [2.45, 2.75) is 6.54 Å². The lowest BCUT2D eigenvalue weighted by molar-refractivity contribution is -0.132. The van der Waals surface area contributed by atoms with Crippen molar-refractivity contribution in [3.05, 3.63) is 65.2 Å². The van der Waals surface area contributed by atoms with Crippen LogP contribution in [0.2, 0.25) is 0 Å². The summed E-state index contributed by atoms with van der Waals surface area (Å²) in [7, 11) is 1.64. The van der Waals surface area contributed by atoms with Gasteiger partial charge >= 0.3 is 5.69 Å². The van der Waals surface area contributed by atoms with Gasteiger partial charge in [0.1, 0.15) is 12.2 Å². The number of benzene rings is 1. The van der Waals surface area contributed by atoms with Crippen LogP contribution < -0.4 is 10.6 Å². The predicted molar refractivity (Wildman–Crippen MR) is 106 cm³/mol. The molecule has 0 N–H and O–H groups in total. The summed E-state index contributed by atoms with van der Waals surface area (Å²) in [4.78, 5) is 33.5. The Balaban J connectivity index is 1.43. The van der Waals surface area contributed by atoms with Gasteiger partial charge in [-0.15, -0.1) is 5.10 Å². The summed E-state index contributed by atoms with van der Waals surface area (Å²) < 4.78 is 2.64. The average molecular weight is 378 g/mol. The third-order valence-electron chi connectivity index (χ3n) is 4.97. The predicted octanol–water partition coefficient (Wildman–Crippen LogP) is 0.993. The van der Waals surface area contributed by atoms with Crippen LogP contribution in [0, 0.1) is 0 Å². The van der Waals surface area contributed by atoms with Gasteiger partial charge in [0, 0.05) is 45.1 Å². The van der Waals surface area contributed by atoms with Gasteiger partial charge in [-0.25, -0.2) is 9.48 Å². The van der Waals surface area contributed by atoms with Crippen LogP contribution in [-0.2, 0) is 18.4 Å². The molecule has 8 nitrogen and oxygen atoms in total. The molecule has 144 valence electrons. The van der Waals surface area contributed by atoms with Crippen molar-refractivity contribution in [1.82, 2.24) is 24.2 Å². The summed E-state index contributed by atoms with van der Waals surface area (Å²) >= 11 is 0. The normalized spacial score (nSPS) is 14.3. The number of para-hydroxylation sites is 1. The molecule has 3 aromatic rings. The van der Waals surface area contributed by atoms with Crippen molar-refractivity contribution in [2.24, 2.45) is 7.05 Å². The summed E-state index contributed by atoms with van der Waals surface area (Å²) in [6, 6.07) is 15.6. The molecule has 1 aromatic carbocycles. The minimum Gasteiger partial charge on any atom is -0.368 e. The molecule has 0 atom stereocenters. The van der Waals surface area contributed by atoms with E-state index in [-0.39, 0.29) is 18.1 Å². The molecular formula is C20H22N6O2. The van der Waals surface area contributed by atoms with E-state index in [1.54, 1.807) is 30.3 Å². The van der Waals surface area contributed by atoms with Crippen molar-refractivity contribution in [3.8, 4) is 11.5 Å². The average Bonchev–Trinajstić information content (AvgIpc) is 3.03. The van der Waals surface area contributed by atoms with Crippen molar-refractivity contribution in [1.29, 1.82) is 0 Å². The number of nitrogens with zero attached hydrogens (tertiary/aromatic N) is 6. The van der Waals surface area contributed by atoms with Crippen LogP contribution in [0.3, 0.4) is 0 Å². The quantitative estimate of drug-likeness (QED) is 0.677. The highest BCUT2D eigenvalue weighted by atomic mass is 16.2. The minimum absolute atomic E-state index is 0.0646. The summed E-state index contributed by atoms with van der Waals surface area (Å²) in [5.74, 6) is 0.354. The summed E-state index contributed by atoms with van der Waals surface area (Å²) in [5.41, 5.74) is 1.44. The van der Waals surface area contributed by atoms with E-state index in [9.17, 15) is 9.59 Å². The van der Waals surface area contributed by atoms with Crippen LogP contribution in [-0.4, -0.2) is 56.3 Å². The van der Waals surface area contributed by atoms with Crippen LogP contribution in [0.4, 0.5) is 5.69 Å². The second-order valence-corrected chi connectivity index (χ2v) is 6.74. The molecule has 0 radical (unpaired) electrons. The van der Waals surface area contributed by atoms with Crippen molar-refractivity contribution >= 4 is 11.6 Å². The Morgan fingerprint density at radius 3 is 2.39 bits per heavy atom. The first-order chi connectivity index (χ1) is 13.6. The fraction of sp³-hybridized carbons (Fsp3) is 0.300. The number of aromatic nitrogens is 4. The van der Waals surface area contributed by atoms with E-state index in [2.05, 4.69) is 27.1 Å². The van der Waals surface area contributed by atoms with E-state index in [1.165, 1.54) is 9.25 Å². The lowest BCUT2D eigenvalue weighted by atomic mass is 10.2. The maximum atomic E-state index is 12.7. The molecule has 0 aliphatic carbocycles. The largest absolute Gasteiger partial charge is 0.368 e. The second kappa shape index (κ2) is 7.67. The van der Waals surface area contributed by atoms with Crippen LogP contribution in [0.1, 0.15) is 0 Å². The number of pyridine rings is 1. The number of anilines is 1. The number of carbonyl (C=O) groups is 1. The van der Waals surface area contributed by atoms with Gasteiger partial charge in [-0.2, -0.15) is 0 Å². The Bertz CT molecular complexity index is 1000. The minimum atomic E-state index is -0.322. The first-order valence-corrected chi connectivity index (χ1v) is 9.26. The van der Waals surface area contributed by atoms with Crippen molar-refractivity contribution in [3.63, 3.8) is 0 Å². The monoisotopic (exact) mass is 378 g/mol. The molecule has 1 fully saturated rings. The van der Waals surface area contributed by atoms with Crippen molar-refractivity contribution < 1.29 is 4.79 Å². The number of carbonyl (C=O) groups excluding carboxylic acids is 1. The first kappa shape index (κ1) is 18.0. The lowest BCUT2D eigenvalue weighted by Crippen LogP contribution is -2.50. The zero-order valence-electron chi connectivity index (χ0n) is 15.7. The van der Waals surface area contributed by atoms with Gasteiger partial charge in [0.2, 0.25) is 5.91 Å². The number of rotatable bonds is 4. The third kappa shape index (κ3) is 3.53. The lowest BCUT2D eigenvalue weighted by Gasteiger charge is -2.36.